The minimum absolute atomic E-state index is 0.229. The molecule has 0 bridgehead atoms. The number of aromatic nitrogens is 4. The summed E-state index contributed by atoms with van der Waals surface area (Å²) in [5.41, 5.74) is 1.40. The second-order valence-corrected chi connectivity index (χ2v) is 6.08. The summed E-state index contributed by atoms with van der Waals surface area (Å²) in [7, 11) is 1.50. The molecule has 28 heavy (non-hydrogen) atoms. The summed E-state index contributed by atoms with van der Waals surface area (Å²) in [4.78, 5) is 25.2. The van der Waals surface area contributed by atoms with Crippen molar-refractivity contribution in [1.82, 2.24) is 19.5 Å². The van der Waals surface area contributed by atoms with Gasteiger partial charge >= 0.3 is 0 Å². The summed E-state index contributed by atoms with van der Waals surface area (Å²) in [5, 5.41) is 12.4. The molecule has 2 N–H and O–H groups in total. The largest absolute Gasteiger partial charge is 0.393 e. The van der Waals surface area contributed by atoms with Gasteiger partial charge in [0.2, 0.25) is 0 Å². The van der Waals surface area contributed by atoms with E-state index in [2.05, 4.69) is 20.3 Å². The lowest BCUT2D eigenvalue weighted by molar-refractivity contribution is -0.111. The highest BCUT2D eigenvalue weighted by Gasteiger charge is 2.26. The van der Waals surface area contributed by atoms with Gasteiger partial charge in [-0.05, 0) is 18.6 Å². The van der Waals surface area contributed by atoms with E-state index >= 15 is 0 Å². The Morgan fingerprint density at radius 2 is 2.04 bits per heavy atom. The van der Waals surface area contributed by atoms with E-state index in [0.717, 1.165) is 6.42 Å². The molecule has 0 unspecified atom stereocenters. The third-order valence-electron chi connectivity index (χ3n) is 4.19. The molecule has 0 fully saturated rings. The molecule has 0 aliphatic rings. The Morgan fingerprint density at radius 3 is 2.71 bits per heavy atom. The van der Waals surface area contributed by atoms with Crippen LogP contribution in [0.1, 0.15) is 29.9 Å². The van der Waals surface area contributed by atoms with Crippen molar-refractivity contribution in [1.29, 1.82) is 0 Å². The van der Waals surface area contributed by atoms with Crippen LogP contribution in [0, 0.1) is 0 Å². The number of ether oxygens (including phenoxy) is 2. The lowest BCUT2D eigenvalue weighted by Crippen LogP contribution is -2.31. The van der Waals surface area contributed by atoms with Crippen LogP contribution in [-0.2, 0) is 9.47 Å². The van der Waals surface area contributed by atoms with Gasteiger partial charge in [-0.25, -0.2) is 15.0 Å². The Balaban J connectivity index is 1.94. The van der Waals surface area contributed by atoms with Crippen LogP contribution >= 0.6 is 0 Å². The number of hydrogen-bond donors (Lipinski definition) is 2. The summed E-state index contributed by atoms with van der Waals surface area (Å²) in [6.45, 7) is 2.24. The predicted octanol–water partition coefficient (Wildman–Crippen LogP) is 2.01. The van der Waals surface area contributed by atoms with Crippen LogP contribution in [0.25, 0.3) is 11.2 Å². The molecule has 1 amide bonds. The Bertz CT molecular complexity index is 911. The van der Waals surface area contributed by atoms with Crippen LogP contribution in [0.4, 0.5) is 5.82 Å². The molecular formula is C19H23N5O4. The van der Waals surface area contributed by atoms with Gasteiger partial charge in [0.25, 0.3) is 5.91 Å². The van der Waals surface area contributed by atoms with Gasteiger partial charge in [-0.2, -0.15) is 0 Å². The van der Waals surface area contributed by atoms with E-state index in [-0.39, 0.29) is 12.5 Å². The van der Waals surface area contributed by atoms with Crippen molar-refractivity contribution in [3.8, 4) is 0 Å². The Morgan fingerprint density at radius 1 is 1.25 bits per heavy atom. The number of anilines is 1. The monoisotopic (exact) mass is 385 g/mol. The van der Waals surface area contributed by atoms with Gasteiger partial charge in [0.1, 0.15) is 12.4 Å². The standard InChI is InChI=1S/C19H23N5O4/c1-3-9-28-19(14(10-25)27-2)24-12-22-15-16(20-11-21-17(15)24)23-18(26)13-7-5-4-6-8-13/h4-8,11-12,14,19,25H,3,9-10H2,1-2H3,(H,20,21,23,26)/t14-,19-/m1/s1. The highest BCUT2D eigenvalue weighted by molar-refractivity contribution is 6.06. The summed E-state index contributed by atoms with van der Waals surface area (Å²) >= 11 is 0. The van der Waals surface area contributed by atoms with Crippen molar-refractivity contribution in [2.75, 3.05) is 25.6 Å². The average Bonchev–Trinajstić information content (AvgIpc) is 3.16. The summed E-state index contributed by atoms with van der Waals surface area (Å²) in [5.74, 6) is 0.00358. The number of amides is 1. The normalized spacial score (nSPS) is 13.4. The lowest BCUT2D eigenvalue weighted by atomic mass is 10.2. The fraction of sp³-hybridized carbons (Fsp3) is 0.368. The number of methoxy groups -OCH3 is 1. The van der Waals surface area contributed by atoms with Crippen molar-refractivity contribution < 1.29 is 19.4 Å². The Hall–Kier alpha value is -2.88. The van der Waals surface area contributed by atoms with Gasteiger partial charge in [0.15, 0.2) is 23.2 Å². The highest BCUT2D eigenvalue weighted by Crippen LogP contribution is 2.25. The number of nitrogens with one attached hydrogen (secondary N) is 1. The molecule has 0 spiro atoms. The van der Waals surface area contributed by atoms with Crippen LogP contribution in [-0.4, -0.2) is 57.0 Å². The van der Waals surface area contributed by atoms with Crippen molar-refractivity contribution in [2.45, 2.75) is 25.7 Å². The number of aliphatic hydroxyl groups is 1. The molecule has 3 rings (SSSR count). The number of carbonyl (C=O) groups excluding carboxylic acids is 1. The zero-order valence-corrected chi connectivity index (χ0v) is 15.8. The number of carbonyl (C=O) groups is 1. The quantitative estimate of drug-likeness (QED) is 0.579. The van der Waals surface area contributed by atoms with Gasteiger partial charge < -0.3 is 19.9 Å². The lowest BCUT2D eigenvalue weighted by Gasteiger charge is -2.26. The first-order chi connectivity index (χ1) is 13.7. The second kappa shape index (κ2) is 9.36. The molecule has 2 aromatic heterocycles. The first-order valence-electron chi connectivity index (χ1n) is 8.98. The molecule has 2 heterocycles. The zero-order chi connectivity index (χ0) is 19.9. The molecule has 0 aliphatic heterocycles. The third-order valence-corrected chi connectivity index (χ3v) is 4.19. The van der Waals surface area contributed by atoms with E-state index in [1.807, 2.05) is 13.0 Å². The van der Waals surface area contributed by atoms with E-state index in [1.54, 1.807) is 35.2 Å². The van der Waals surface area contributed by atoms with Crippen molar-refractivity contribution in [2.24, 2.45) is 0 Å². The second-order valence-electron chi connectivity index (χ2n) is 6.08. The number of aliphatic hydroxyl groups excluding tert-OH is 1. The third kappa shape index (κ3) is 4.16. The number of rotatable bonds is 9. The number of fused-ring (bicyclic) bond motifs is 1. The SMILES string of the molecule is CCCO[C@H]([C@@H](CO)OC)n1cnc2c(NC(=O)c3ccccc3)ncnc21. The molecule has 0 radical (unpaired) electrons. The number of imidazole rings is 1. The topological polar surface area (TPSA) is 111 Å². The Kier molecular flexibility index (Phi) is 6.64. The number of nitrogens with zero attached hydrogens (tertiary/aromatic N) is 4. The molecule has 0 aliphatic carbocycles. The molecule has 9 nitrogen and oxygen atoms in total. The molecule has 3 aromatic rings. The van der Waals surface area contributed by atoms with Crippen LogP contribution in [0.5, 0.6) is 0 Å². The van der Waals surface area contributed by atoms with E-state index < -0.39 is 12.3 Å². The van der Waals surface area contributed by atoms with Crippen LogP contribution in [0.15, 0.2) is 43.0 Å². The molecule has 0 saturated heterocycles. The average molecular weight is 385 g/mol. The van der Waals surface area contributed by atoms with Gasteiger partial charge in [-0.1, -0.05) is 25.1 Å². The van der Waals surface area contributed by atoms with Crippen molar-refractivity contribution in [3.63, 3.8) is 0 Å². The van der Waals surface area contributed by atoms with E-state index in [1.165, 1.54) is 13.4 Å². The molecule has 0 saturated carbocycles. The fourth-order valence-corrected chi connectivity index (χ4v) is 2.79. The fourth-order valence-electron chi connectivity index (χ4n) is 2.79. The minimum Gasteiger partial charge on any atom is -0.393 e. The van der Waals surface area contributed by atoms with Crippen molar-refractivity contribution in [3.05, 3.63) is 48.5 Å². The molecule has 9 heteroatoms. The Labute approximate surface area is 162 Å². The predicted molar refractivity (Wildman–Crippen MR) is 103 cm³/mol. The zero-order valence-electron chi connectivity index (χ0n) is 15.8. The van der Waals surface area contributed by atoms with Gasteiger partial charge in [0.05, 0.1) is 12.9 Å². The highest BCUT2D eigenvalue weighted by atomic mass is 16.5. The van der Waals surface area contributed by atoms with Gasteiger partial charge in [-0.3, -0.25) is 9.36 Å². The molecule has 2 atom stereocenters. The van der Waals surface area contributed by atoms with E-state index in [9.17, 15) is 9.90 Å². The van der Waals surface area contributed by atoms with Crippen LogP contribution < -0.4 is 5.32 Å². The van der Waals surface area contributed by atoms with E-state index in [4.69, 9.17) is 9.47 Å². The van der Waals surface area contributed by atoms with Gasteiger partial charge in [-0.15, -0.1) is 0 Å². The van der Waals surface area contributed by atoms with E-state index in [0.29, 0.717) is 29.2 Å². The smallest absolute Gasteiger partial charge is 0.256 e. The molecular weight excluding hydrogens is 362 g/mol. The molecule has 1 aromatic carbocycles. The van der Waals surface area contributed by atoms with Crippen LogP contribution in [0.2, 0.25) is 0 Å². The molecule has 148 valence electrons. The summed E-state index contributed by atoms with van der Waals surface area (Å²) in [6, 6.07) is 8.84. The van der Waals surface area contributed by atoms with Crippen molar-refractivity contribution >= 4 is 22.9 Å². The maximum atomic E-state index is 12.5. The first-order valence-corrected chi connectivity index (χ1v) is 8.98. The maximum Gasteiger partial charge on any atom is 0.256 e. The minimum atomic E-state index is -0.618. The summed E-state index contributed by atoms with van der Waals surface area (Å²) in [6.07, 6.45) is 2.48. The number of benzene rings is 1. The summed E-state index contributed by atoms with van der Waals surface area (Å²) < 4.78 is 12.9. The maximum absolute atomic E-state index is 12.5. The number of hydrogen-bond acceptors (Lipinski definition) is 7. The van der Waals surface area contributed by atoms with Crippen LogP contribution in [0.3, 0.4) is 0 Å². The first kappa shape index (κ1) is 19.9. The van der Waals surface area contributed by atoms with Gasteiger partial charge in [0, 0.05) is 19.3 Å².